The Kier molecular flexibility index (Phi) is 4.41. The lowest BCUT2D eigenvalue weighted by Crippen LogP contribution is -2.17. The van der Waals surface area contributed by atoms with Crippen molar-refractivity contribution in [2.24, 2.45) is 0 Å². The molecule has 0 saturated carbocycles. The zero-order chi connectivity index (χ0) is 14.5. The minimum atomic E-state index is -0.509. The van der Waals surface area contributed by atoms with E-state index in [9.17, 15) is 5.11 Å². The lowest BCUT2D eigenvalue weighted by Gasteiger charge is -2.23. The summed E-state index contributed by atoms with van der Waals surface area (Å²) in [6, 6.07) is 16.1. The normalized spacial score (nSPS) is 14.7. The molecule has 0 fully saturated rings. The second-order valence-electron chi connectivity index (χ2n) is 5.27. The van der Waals surface area contributed by atoms with E-state index in [1.165, 1.54) is 5.56 Å². The average Bonchev–Trinajstić information content (AvgIpc) is 2.55. The fourth-order valence-electron chi connectivity index (χ4n) is 2.66. The van der Waals surface area contributed by atoms with Gasteiger partial charge in [-0.2, -0.15) is 0 Å². The Balaban J connectivity index is 1.62. The highest BCUT2D eigenvalue weighted by atomic mass is 16.6. The van der Waals surface area contributed by atoms with E-state index in [4.69, 9.17) is 9.47 Å². The number of aryl methyl sites for hydroxylation is 1. The second kappa shape index (κ2) is 6.64. The van der Waals surface area contributed by atoms with Crippen molar-refractivity contribution in [2.75, 3.05) is 13.2 Å². The van der Waals surface area contributed by atoms with Crippen LogP contribution in [0.2, 0.25) is 0 Å². The number of para-hydroxylation sites is 1. The predicted octanol–water partition coefficient (Wildman–Crippen LogP) is 3.51. The summed E-state index contributed by atoms with van der Waals surface area (Å²) in [5.74, 6) is 1.44. The maximum Gasteiger partial charge on any atom is 0.167 e. The Hall–Kier alpha value is -2.00. The van der Waals surface area contributed by atoms with Gasteiger partial charge in [0.05, 0.1) is 6.10 Å². The summed E-state index contributed by atoms with van der Waals surface area (Å²) in [4.78, 5) is 0. The van der Waals surface area contributed by atoms with Crippen LogP contribution in [0.3, 0.4) is 0 Å². The van der Waals surface area contributed by atoms with Gasteiger partial charge in [0.15, 0.2) is 11.5 Å². The van der Waals surface area contributed by atoms with E-state index in [0.717, 1.165) is 24.2 Å². The molecule has 0 bridgehead atoms. The van der Waals surface area contributed by atoms with Crippen LogP contribution in [-0.2, 0) is 6.42 Å². The molecule has 2 aromatic rings. The summed E-state index contributed by atoms with van der Waals surface area (Å²) in [6.07, 6.45) is 2.12. The van der Waals surface area contributed by atoms with E-state index in [1.54, 1.807) is 0 Å². The lowest BCUT2D eigenvalue weighted by atomic mass is 10.00. The molecule has 3 rings (SSSR count). The van der Waals surface area contributed by atoms with E-state index in [0.29, 0.717) is 25.4 Å². The van der Waals surface area contributed by atoms with Crippen LogP contribution in [0.5, 0.6) is 11.5 Å². The quantitative estimate of drug-likeness (QED) is 0.913. The van der Waals surface area contributed by atoms with Crippen molar-refractivity contribution in [3.05, 3.63) is 59.7 Å². The molecule has 1 heterocycles. The molecule has 0 saturated heterocycles. The third-order valence-electron chi connectivity index (χ3n) is 3.74. The van der Waals surface area contributed by atoms with Gasteiger partial charge >= 0.3 is 0 Å². The molecule has 0 aliphatic carbocycles. The van der Waals surface area contributed by atoms with Gasteiger partial charge in [-0.05, 0) is 30.9 Å². The predicted molar refractivity (Wildman–Crippen MR) is 81.8 cm³/mol. The molecule has 3 heteroatoms. The van der Waals surface area contributed by atoms with Crippen LogP contribution in [-0.4, -0.2) is 18.3 Å². The van der Waals surface area contributed by atoms with Gasteiger partial charge in [0.25, 0.3) is 0 Å². The van der Waals surface area contributed by atoms with E-state index >= 15 is 0 Å². The standard InChI is InChI=1S/C18H20O3/c19-16(10-4-8-14-6-2-1-3-7-14)15-9-5-11-17-18(15)21-13-12-20-17/h1-3,5-7,9,11,16,19H,4,8,10,12-13H2. The Morgan fingerprint density at radius 3 is 2.62 bits per heavy atom. The van der Waals surface area contributed by atoms with Crippen LogP contribution in [0.1, 0.15) is 30.1 Å². The molecule has 110 valence electrons. The third kappa shape index (κ3) is 3.37. The van der Waals surface area contributed by atoms with E-state index < -0.39 is 6.10 Å². The summed E-state index contributed by atoms with van der Waals surface area (Å²) in [7, 11) is 0. The zero-order valence-corrected chi connectivity index (χ0v) is 12.0. The summed E-state index contributed by atoms with van der Waals surface area (Å²) in [5, 5.41) is 10.4. The van der Waals surface area contributed by atoms with Gasteiger partial charge in [-0.3, -0.25) is 0 Å². The molecular formula is C18H20O3. The smallest absolute Gasteiger partial charge is 0.167 e. The third-order valence-corrected chi connectivity index (χ3v) is 3.74. The Labute approximate surface area is 125 Å². The highest BCUT2D eigenvalue weighted by Crippen LogP contribution is 2.38. The van der Waals surface area contributed by atoms with Gasteiger partial charge in [0.1, 0.15) is 13.2 Å². The van der Waals surface area contributed by atoms with Crippen LogP contribution in [0.4, 0.5) is 0 Å². The van der Waals surface area contributed by atoms with Crippen molar-refractivity contribution >= 4 is 0 Å². The molecule has 2 aromatic carbocycles. The second-order valence-corrected chi connectivity index (χ2v) is 5.27. The van der Waals surface area contributed by atoms with Crippen molar-refractivity contribution in [2.45, 2.75) is 25.4 Å². The van der Waals surface area contributed by atoms with Crippen molar-refractivity contribution in [3.8, 4) is 11.5 Å². The molecular weight excluding hydrogens is 264 g/mol. The lowest BCUT2D eigenvalue weighted by molar-refractivity contribution is 0.139. The topological polar surface area (TPSA) is 38.7 Å². The van der Waals surface area contributed by atoms with Crippen LogP contribution in [0.25, 0.3) is 0 Å². The Morgan fingerprint density at radius 1 is 0.952 bits per heavy atom. The fourth-order valence-corrected chi connectivity index (χ4v) is 2.66. The molecule has 1 atom stereocenters. The zero-order valence-electron chi connectivity index (χ0n) is 12.0. The highest BCUT2D eigenvalue weighted by Gasteiger charge is 2.20. The molecule has 3 nitrogen and oxygen atoms in total. The number of ether oxygens (including phenoxy) is 2. The van der Waals surface area contributed by atoms with Crippen molar-refractivity contribution in [1.29, 1.82) is 0 Å². The van der Waals surface area contributed by atoms with Gasteiger partial charge in [-0.25, -0.2) is 0 Å². The number of rotatable bonds is 5. The Morgan fingerprint density at radius 2 is 1.76 bits per heavy atom. The molecule has 1 unspecified atom stereocenters. The molecule has 0 radical (unpaired) electrons. The van der Waals surface area contributed by atoms with Crippen molar-refractivity contribution < 1.29 is 14.6 Å². The molecule has 0 aromatic heterocycles. The first-order chi connectivity index (χ1) is 10.3. The van der Waals surface area contributed by atoms with E-state index in [2.05, 4.69) is 12.1 Å². The number of hydrogen-bond acceptors (Lipinski definition) is 3. The van der Waals surface area contributed by atoms with Gasteiger partial charge in [-0.15, -0.1) is 0 Å². The maximum absolute atomic E-state index is 10.4. The van der Waals surface area contributed by atoms with Gasteiger partial charge in [-0.1, -0.05) is 42.5 Å². The van der Waals surface area contributed by atoms with Crippen LogP contribution in [0, 0.1) is 0 Å². The molecule has 21 heavy (non-hydrogen) atoms. The van der Waals surface area contributed by atoms with E-state index in [1.807, 2.05) is 36.4 Å². The number of benzene rings is 2. The first-order valence-corrected chi connectivity index (χ1v) is 7.45. The largest absolute Gasteiger partial charge is 0.486 e. The summed E-state index contributed by atoms with van der Waals surface area (Å²) in [5.41, 5.74) is 2.14. The number of hydrogen-bond donors (Lipinski definition) is 1. The number of aliphatic hydroxyl groups excluding tert-OH is 1. The van der Waals surface area contributed by atoms with Crippen LogP contribution in [0.15, 0.2) is 48.5 Å². The molecule has 0 amide bonds. The first kappa shape index (κ1) is 14.0. The monoisotopic (exact) mass is 284 g/mol. The summed E-state index contributed by atoms with van der Waals surface area (Å²) in [6.45, 7) is 1.11. The van der Waals surface area contributed by atoms with Crippen molar-refractivity contribution in [1.82, 2.24) is 0 Å². The van der Waals surface area contributed by atoms with Gasteiger partial charge < -0.3 is 14.6 Å². The van der Waals surface area contributed by atoms with Crippen LogP contribution < -0.4 is 9.47 Å². The average molecular weight is 284 g/mol. The molecule has 1 aliphatic rings. The molecule has 1 N–H and O–H groups in total. The highest BCUT2D eigenvalue weighted by molar-refractivity contribution is 5.48. The van der Waals surface area contributed by atoms with E-state index in [-0.39, 0.29) is 0 Å². The summed E-state index contributed by atoms with van der Waals surface area (Å²) >= 11 is 0. The minimum Gasteiger partial charge on any atom is -0.486 e. The SMILES string of the molecule is OC(CCCc1ccccc1)c1cccc2c1OCCO2. The number of fused-ring (bicyclic) bond motifs is 1. The summed E-state index contributed by atoms with van der Waals surface area (Å²) < 4.78 is 11.2. The Bertz CT molecular complexity index is 580. The van der Waals surface area contributed by atoms with Crippen LogP contribution >= 0.6 is 0 Å². The first-order valence-electron chi connectivity index (χ1n) is 7.45. The minimum absolute atomic E-state index is 0.509. The van der Waals surface area contributed by atoms with Crippen molar-refractivity contribution in [3.63, 3.8) is 0 Å². The molecule has 1 aliphatic heterocycles. The van der Waals surface area contributed by atoms with Gasteiger partial charge in [0.2, 0.25) is 0 Å². The van der Waals surface area contributed by atoms with Gasteiger partial charge in [0, 0.05) is 5.56 Å². The molecule has 0 spiro atoms. The maximum atomic E-state index is 10.4. The number of aliphatic hydroxyl groups is 1. The fraction of sp³-hybridized carbons (Fsp3) is 0.333.